The number of ether oxygens (including phenoxy) is 1. The number of carbonyl (C=O) groups excluding carboxylic acids is 2. The van der Waals surface area contributed by atoms with Gasteiger partial charge in [0, 0.05) is 61.1 Å². The number of nitrogen functional groups attached to an aromatic ring is 1. The Labute approximate surface area is 435 Å². The van der Waals surface area contributed by atoms with E-state index in [1.165, 1.54) is 47.6 Å². The van der Waals surface area contributed by atoms with Crippen LogP contribution < -0.4 is 65.0 Å². The van der Waals surface area contributed by atoms with Gasteiger partial charge in [-0.2, -0.15) is 18.3 Å². The number of benzene rings is 4. The van der Waals surface area contributed by atoms with Gasteiger partial charge in [0.15, 0.2) is 5.71 Å². The Kier molecular flexibility index (Phi) is 31.9. The first-order valence-electron chi connectivity index (χ1n) is 20.2. The Morgan fingerprint density at radius 2 is 1.24 bits per heavy atom. The van der Waals surface area contributed by atoms with Gasteiger partial charge < -0.3 is 50.4 Å². The number of para-hydroxylation sites is 2. The molecule has 0 unspecified atom stereocenters. The van der Waals surface area contributed by atoms with Gasteiger partial charge in [0.05, 0.1) is 30.9 Å². The fraction of sp³-hybridized carbons (Fsp3) is 0.306. The number of aliphatic carboxylic acids is 2. The van der Waals surface area contributed by atoms with Gasteiger partial charge in [-0.3, -0.25) is 28.3 Å². The van der Waals surface area contributed by atoms with Crippen LogP contribution in [0.25, 0.3) is 0 Å². The van der Waals surface area contributed by atoms with Gasteiger partial charge in [-0.1, -0.05) is 92.7 Å². The number of halogens is 2. The molecule has 2 aliphatic heterocycles. The van der Waals surface area contributed by atoms with Crippen LogP contribution in [0, 0.1) is 11.3 Å². The zero-order valence-electron chi connectivity index (χ0n) is 40.1. The quantitative estimate of drug-likeness (QED) is 0.0256. The molecule has 68 heavy (non-hydrogen) atoms. The number of esters is 1. The number of carbonyl (C=O) groups is 4. The minimum Gasteiger partial charge on any atom is -1.00 e. The summed E-state index contributed by atoms with van der Waals surface area (Å²) in [5, 5.41) is 24.6. The van der Waals surface area contributed by atoms with E-state index >= 15 is 0 Å². The van der Waals surface area contributed by atoms with E-state index in [0.717, 1.165) is 29.5 Å². The van der Waals surface area contributed by atoms with Crippen molar-refractivity contribution < 1.29 is 111 Å². The first-order chi connectivity index (χ1) is 30.3. The van der Waals surface area contributed by atoms with E-state index in [-0.39, 0.29) is 84.0 Å². The van der Waals surface area contributed by atoms with Crippen LogP contribution in [0.2, 0.25) is 0 Å². The standard InChI is InChI=1S/C22H23NO2.C13H15NO.C8H9NO2.C4H8O2.C2H3N.2ClH.Na.H2O4S/c1-22(2)18-8-4-5-9-19(18)23(3)20(22)10-6-7-16-11-13-17(14-12-16)15-21(24)25;1-13(2)10-6-4-5-7-11(10)14(3)12(13)8-9-15;9-7-3-1-6(2-4-7)5-8(10)11;1-3-6-4(2)5;1-2-3;;;;1-5(2,3)4/h4-6,8-14H,7,15H2,1-3H3;4-9H,1-3H3;1-4H,5,9H2,(H,10,11);3H2,1-2H3;1H3;2*1H;;(H2,1,2,3,4)/q;;;;;;;+1;/p-1/b10-6+;12-8-;;;;;;;. The molecule has 0 amide bonds. The molecule has 0 spiro atoms. The molecule has 0 radical (unpaired) electrons. The van der Waals surface area contributed by atoms with Gasteiger partial charge in [0.25, 0.3) is 0 Å². The summed E-state index contributed by atoms with van der Waals surface area (Å²) >= 11 is 0. The van der Waals surface area contributed by atoms with Crippen molar-refractivity contribution in [2.75, 3.05) is 31.3 Å². The van der Waals surface area contributed by atoms with Crippen molar-refractivity contribution in [3.63, 3.8) is 0 Å². The van der Waals surface area contributed by atoms with Crippen LogP contribution in [0.3, 0.4) is 0 Å². The molecule has 2 heterocycles. The molecule has 6 N–H and O–H groups in total. The molecule has 0 fully saturated rings. The molecule has 4 aromatic carbocycles. The van der Waals surface area contributed by atoms with E-state index in [2.05, 4.69) is 97.5 Å². The van der Waals surface area contributed by atoms with Gasteiger partial charge in [-0.15, -0.1) is 0 Å². The third-order valence-corrected chi connectivity index (χ3v) is 9.80. The summed E-state index contributed by atoms with van der Waals surface area (Å²) in [5.41, 5.74) is 16.2. The van der Waals surface area contributed by atoms with E-state index in [4.69, 9.17) is 38.7 Å². The minimum atomic E-state index is -4.67. The van der Waals surface area contributed by atoms with Gasteiger partial charge in [-0.25, -0.2) is 0 Å². The summed E-state index contributed by atoms with van der Waals surface area (Å²) in [6.07, 6.45) is 7.87. The average molecular weight is 1010 g/mol. The van der Waals surface area contributed by atoms with Crippen LogP contribution in [-0.4, -0.2) is 82.9 Å². The predicted molar refractivity (Wildman–Crippen MR) is 253 cm³/mol. The maximum absolute atomic E-state index is 10.7. The summed E-state index contributed by atoms with van der Waals surface area (Å²) in [4.78, 5) is 43.5. The molecule has 15 nitrogen and oxygen atoms in total. The maximum atomic E-state index is 10.7. The SMILES string of the molecule is CC#N.CCOC(C)=O.CN1/C(=C\C=O)C(C)(C)c2ccccc21.C[N+]1=C(/C=C/Cc2ccc(CC(=O)O)cc2)C(C)(C)c2ccccc21.Nc1ccc(CC(=O)O)cc1.O=S(=O)(O)O.[Cl-].[Cl-].[Na+]. The van der Waals surface area contributed by atoms with Crippen LogP contribution in [0.4, 0.5) is 17.1 Å². The van der Waals surface area contributed by atoms with Crippen LogP contribution in [0.1, 0.15) is 76.3 Å². The van der Waals surface area contributed by atoms with Gasteiger partial charge in [-0.05, 0) is 73.7 Å². The van der Waals surface area contributed by atoms with Gasteiger partial charge >= 0.3 is 57.9 Å². The molecule has 0 saturated heterocycles. The van der Waals surface area contributed by atoms with Crippen molar-refractivity contribution in [1.29, 1.82) is 5.26 Å². The van der Waals surface area contributed by atoms with Crippen LogP contribution in [0.15, 0.2) is 121 Å². The molecular weight excluding hydrogens is 947 g/mol. The van der Waals surface area contributed by atoms with E-state index in [0.29, 0.717) is 12.3 Å². The fourth-order valence-electron chi connectivity index (χ4n) is 6.96. The number of likely N-dealkylation sites (N-methyl/N-ethyl adjacent to an activating group) is 1. The van der Waals surface area contributed by atoms with E-state index in [9.17, 15) is 19.2 Å². The van der Waals surface area contributed by atoms with Crippen molar-refractivity contribution in [2.24, 2.45) is 0 Å². The number of carboxylic acids is 2. The second kappa shape index (κ2) is 32.4. The van der Waals surface area contributed by atoms with Crippen LogP contribution in [-0.2, 0) is 64.4 Å². The number of hydrogen-bond acceptors (Lipinski definition) is 10. The molecule has 4 aromatic rings. The minimum absolute atomic E-state index is 0. The zero-order chi connectivity index (χ0) is 49.5. The second-order valence-corrected chi connectivity index (χ2v) is 16.3. The number of aldehydes is 1. The van der Waals surface area contributed by atoms with Crippen molar-refractivity contribution >= 4 is 57.4 Å². The molecule has 0 saturated carbocycles. The van der Waals surface area contributed by atoms with Crippen LogP contribution >= 0.6 is 0 Å². The smallest absolute Gasteiger partial charge is 1.00 e. The summed E-state index contributed by atoms with van der Waals surface area (Å²) in [5.74, 6) is -1.83. The van der Waals surface area contributed by atoms with Crippen LogP contribution in [0.5, 0.6) is 0 Å². The summed E-state index contributed by atoms with van der Waals surface area (Å²) in [6, 6.07) is 33.2. The topological polar surface area (TPSA) is 249 Å². The molecule has 6 rings (SSSR count). The Hall–Kier alpha value is -5.35. The van der Waals surface area contributed by atoms with Crippen molar-refractivity contribution in [1.82, 2.24) is 0 Å². The number of rotatable bonds is 9. The molecular formula is C49H61Cl2N4NaO11S. The number of anilines is 2. The van der Waals surface area contributed by atoms with E-state index < -0.39 is 22.3 Å². The van der Waals surface area contributed by atoms with Crippen molar-refractivity contribution in [3.05, 3.63) is 149 Å². The molecule has 364 valence electrons. The number of carboxylic acid groups (broad SMARTS) is 2. The van der Waals surface area contributed by atoms with Gasteiger partial charge in [0.2, 0.25) is 5.69 Å². The number of allylic oxidation sites excluding steroid dienone is 4. The third kappa shape index (κ3) is 23.1. The number of fused-ring (bicyclic) bond motifs is 2. The van der Waals surface area contributed by atoms with Gasteiger partial charge in [0.1, 0.15) is 13.3 Å². The molecule has 0 aliphatic carbocycles. The van der Waals surface area contributed by atoms with E-state index in [1.807, 2.05) is 43.4 Å². The number of nitriles is 1. The first kappa shape index (κ1) is 66.9. The molecule has 0 bridgehead atoms. The monoisotopic (exact) mass is 1010 g/mol. The molecule has 2 aliphatic rings. The Morgan fingerprint density at radius 3 is 1.63 bits per heavy atom. The Morgan fingerprint density at radius 1 is 0.809 bits per heavy atom. The fourth-order valence-corrected chi connectivity index (χ4v) is 6.96. The normalized spacial score (nSPS) is 13.4. The Bertz CT molecular complexity index is 2480. The number of hydrogen-bond donors (Lipinski definition) is 5. The first-order valence-corrected chi connectivity index (χ1v) is 21.6. The molecule has 19 heteroatoms. The maximum Gasteiger partial charge on any atom is 1.00 e. The third-order valence-electron chi connectivity index (χ3n) is 9.80. The van der Waals surface area contributed by atoms with E-state index in [1.54, 1.807) is 43.3 Å². The van der Waals surface area contributed by atoms with Crippen molar-refractivity contribution in [2.45, 2.75) is 78.6 Å². The second-order valence-electron chi connectivity index (χ2n) is 15.4. The largest absolute Gasteiger partial charge is 1.00 e. The summed E-state index contributed by atoms with van der Waals surface area (Å²) in [6.45, 7) is 13.9. The summed E-state index contributed by atoms with van der Waals surface area (Å²) < 4.78 is 38.3. The average Bonchev–Trinajstić information content (AvgIpc) is 3.53. The molecule has 0 atom stereocenters. The number of nitrogens with zero attached hydrogens (tertiary/aromatic N) is 3. The summed E-state index contributed by atoms with van der Waals surface area (Å²) in [7, 11) is -0.545. The molecule has 0 aromatic heterocycles. The predicted octanol–water partition coefficient (Wildman–Crippen LogP) is -1.03. The number of nitrogens with two attached hydrogens (primary N) is 1. The van der Waals surface area contributed by atoms with Crippen molar-refractivity contribution in [3.8, 4) is 6.07 Å². The Balaban J connectivity index is -0.000000843. The zero-order valence-corrected chi connectivity index (χ0v) is 44.4.